The normalized spacial score (nSPS) is 10.5. The van der Waals surface area contributed by atoms with Crippen molar-refractivity contribution >= 4 is 44.2 Å². The molecule has 0 atom stereocenters. The number of carbonyl (C=O) groups is 1. The molecule has 1 amide bonds. The molecule has 25 heavy (non-hydrogen) atoms. The molecule has 3 rings (SSSR count). The van der Waals surface area contributed by atoms with Gasteiger partial charge < -0.3 is 15.4 Å². The summed E-state index contributed by atoms with van der Waals surface area (Å²) >= 11 is 3.52. The van der Waals surface area contributed by atoms with E-state index in [1.807, 2.05) is 48.5 Å². The molecule has 0 aliphatic heterocycles. The van der Waals surface area contributed by atoms with Gasteiger partial charge in [0.2, 0.25) is 5.91 Å². The van der Waals surface area contributed by atoms with Gasteiger partial charge in [-0.05, 0) is 46.3 Å². The van der Waals surface area contributed by atoms with E-state index in [9.17, 15) is 4.79 Å². The molecule has 0 spiro atoms. The predicted octanol–water partition coefficient (Wildman–Crippen LogP) is 4.45. The van der Waals surface area contributed by atoms with Crippen molar-refractivity contribution < 1.29 is 9.53 Å². The quantitative estimate of drug-likeness (QED) is 0.601. The Bertz CT molecular complexity index is 899. The molecule has 0 unspecified atom stereocenters. The minimum Gasteiger partial charge on any atom is -0.492 e. The number of aromatic nitrogens is 1. The zero-order valence-corrected chi connectivity index (χ0v) is 15.3. The summed E-state index contributed by atoms with van der Waals surface area (Å²) in [4.78, 5) is 15.7. The Kier molecular flexibility index (Phi) is 5.50. The smallest absolute Gasteiger partial charge is 0.221 e. The summed E-state index contributed by atoms with van der Waals surface area (Å²) in [5.41, 5.74) is 1.65. The van der Waals surface area contributed by atoms with E-state index in [0.717, 1.165) is 26.9 Å². The Labute approximate surface area is 154 Å². The summed E-state index contributed by atoms with van der Waals surface area (Å²) in [6.45, 7) is 2.58. The fourth-order valence-corrected chi connectivity index (χ4v) is 2.89. The standard InChI is InChI=1S/C19H18BrN3O2/c1-13(24)22-15-5-3-6-16(12-15)25-11-10-21-18-9-8-14-4-2-7-17(20)19(14)23-18/h2-9,12H,10-11H2,1H3,(H,21,23)(H,22,24). The second-order valence-corrected chi connectivity index (χ2v) is 6.35. The highest BCUT2D eigenvalue weighted by Crippen LogP contribution is 2.23. The summed E-state index contributed by atoms with van der Waals surface area (Å²) in [7, 11) is 0. The van der Waals surface area contributed by atoms with E-state index in [0.29, 0.717) is 18.9 Å². The lowest BCUT2D eigenvalue weighted by atomic mass is 10.2. The van der Waals surface area contributed by atoms with Gasteiger partial charge in [-0.25, -0.2) is 4.98 Å². The van der Waals surface area contributed by atoms with Gasteiger partial charge in [0.05, 0.1) is 12.1 Å². The minimum atomic E-state index is -0.104. The number of halogens is 1. The Morgan fingerprint density at radius 1 is 1.16 bits per heavy atom. The van der Waals surface area contributed by atoms with Crippen molar-refractivity contribution in [2.24, 2.45) is 0 Å². The number of benzene rings is 2. The number of amides is 1. The molecule has 6 heteroatoms. The largest absolute Gasteiger partial charge is 0.492 e. The molecule has 0 bridgehead atoms. The third-order valence-electron chi connectivity index (χ3n) is 3.50. The van der Waals surface area contributed by atoms with Crippen LogP contribution in [0.15, 0.2) is 59.1 Å². The van der Waals surface area contributed by atoms with E-state index in [-0.39, 0.29) is 5.91 Å². The highest BCUT2D eigenvalue weighted by molar-refractivity contribution is 9.10. The lowest BCUT2D eigenvalue weighted by Gasteiger charge is -2.10. The molecule has 0 saturated heterocycles. The van der Waals surface area contributed by atoms with Crippen molar-refractivity contribution in [1.82, 2.24) is 4.98 Å². The number of pyridine rings is 1. The average Bonchev–Trinajstić information content (AvgIpc) is 2.59. The van der Waals surface area contributed by atoms with Crippen molar-refractivity contribution in [3.05, 3.63) is 59.1 Å². The first-order chi connectivity index (χ1) is 12.1. The third-order valence-corrected chi connectivity index (χ3v) is 4.14. The van der Waals surface area contributed by atoms with Gasteiger partial charge in [0.25, 0.3) is 0 Å². The summed E-state index contributed by atoms with van der Waals surface area (Å²) in [5.74, 6) is 1.41. The Balaban J connectivity index is 1.55. The molecule has 128 valence electrons. The number of anilines is 2. The van der Waals surface area contributed by atoms with Crippen LogP contribution in [0.25, 0.3) is 10.9 Å². The van der Waals surface area contributed by atoms with Crippen molar-refractivity contribution in [3.63, 3.8) is 0 Å². The van der Waals surface area contributed by atoms with Gasteiger partial charge in [0.15, 0.2) is 0 Å². The second kappa shape index (κ2) is 7.98. The topological polar surface area (TPSA) is 63.2 Å². The lowest BCUT2D eigenvalue weighted by molar-refractivity contribution is -0.114. The molecular formula is C19H18BrN3O2. The molecule has 1 heterocycles. The van der Waals surface area contributed by atoms with Crippen molar-refractivity contribution in [2.75, 3.05) is 23.8 Å². The first-order valence-corrected chi connectivity index (χ1v) is 8.71. The molecule has 3 aromatic rings. The Hall–Kier alpha value is -2.60. The highest BCUT2D eigenvalue weighted by Gasteiger charge is 2.02. The molecule has 0 radical (unpaired) electrons. The van der Waals surface area contributed by atoms with E-state index < -0.39 is 0 Å². The SMILES string of the molecule is CC(=O)Nc1cccc(OCCNc2ccc3cccc(Br)c3n2)c1. The van der Waals surface area contributed by atoms with E-state index in [1.54, 1.807) is 6.07 Å². The maximum atomic E-state index is 11.1. The Morgan fingerprint density at radius 2 is 2.00 bits per heavy atom. The van der Waals surface area contributed by atoms with E-state index >= 15 is 0 Å². The molecule has 2 N–H and O–H groups in total. The maximum Gasteiger partial charge on any atom is 0.221 e. The number of ether oxygens (including phenoxy) is 1. The van der Waals surface area contributed by atoms with Crippen LogP contribution >= 0.6 is 15.9 Å². The number of hydrogen-bond acceptors (Lipinski definition) is 4. The van der Waals surface area contributed by atoms with Crippen LogP contribution in [0.3, 0.4) is 0 Å². The zero-order chi connectivity index (χ0) is 17.6. The first kappa shape index (κ1) is 17.2. The molecule has 0 aliphatic rings. The van der Waals surface area contributed by atoms with E-state index in [4.69, 9.17) is 4.74 Å². The van der Waals surface area contributed by atoms with Crippen LogP contribution in [0.5, 0.6) is 5.75 Å². The number of nitrogens with one attached hydrogen (secondary N) is 2. The molecule has 1 aromatic heterocycles. The van der Waals surface area contributed by atoms with E-state index in [2.05, 4.69) is 31.5 Å². The van der Waals surface area contributed by atoms with Gasteiger partial charge in [0.1, 0.15) is 18.2 Å². The van der Waals surface area contributed by atoms with Crippen LogP contribution in [0, 0.1) is 0 Å². The summed E-state index contributed by atoms with van der Waals surface area (Å²) < 4.78 is 6.68. The van der Waals surface area contributed by atoms with Gasteiger partial charge in [-0.1, -0.05) is 18.2 Å². The minimum absolute atomic E-state index is 0.104. The molecule has 0 saturated carbocycles. The highest BCUT2D eigenvalue weighted by atomic mass is 79.9. The second-order valence-electron chi connectivity index (χ2n) is 5.49. The van der Waals surface area contributed by atoms with Gasteiger partial charge in [-0.2, -0.15) is 0 Å². The van der Waals surface area contributed by atoms with Gasteiger partial charge in [-0.3, -0.25) is 4.79 Å². The fourth-order valence-electron chi connectivity index (χ4n) is 2.42. The van der Waals surface area contributed by atoms with E-state index in [1.165, 1.54) is 6.92 Å². The van der Waals surface area contributed by atoms with Crippen LogP contribution in [-0.4, -0.2) is 24.0 Å². The third kappa shape index (κ3) is 4.70. The number of hydrogen-bond donors (Lipinski definition) is 2. The van der Waals surface area contributed by atoms with Crippen LogP contribution in [-0.2, 0) is 4.79 Å². The zero-order valence-electron chi connectivity index (χ0n) is 13.8. The molecular weight excluding hydrogens is 382 g/mol. The fraction of sp³-hybridized carbons (Fsp3) is 0.158. The van der Waals surface area contributed by atoms with Gasteiger partial charge in [0, 0.05) is 28.5 Å². The monoisotopic (exact) mass is 399 g/mol. The number of rotatable bonds is 6. The van der Waals surface area contributed by atoms with Crippen LogP contribution in [0.2, 0.25) is 0 Å². The molecule has 0 fully saturated rings. The summed E-state index contributed by atoms with van der Waals surface area (Å²) in [5, 5.41) is 7.08. The number of para-hydroxylation sites is 1. The lowest BCUT2D eigenvalue weighted by Crippen LogP contribution is -2.12. The van der Waals surface area contributed by atoms with Crippen LogP contribution in [0.1, 0.15) is 6.92 Å². The predicted molar refractivity (Wildman–Crippen MR) is 104 cm³/mol. The number of carbonyl (C=O) groups excluding carboxylic acids is 1. The maximum absolute atomic E-state index is 11.1. The van der Waals surface area contributed by atoms with Crippen molar-refractivity contribution in [2.45, 2.75) is 6.92 Å². The summed E-state index contributed by atoms with van der Waals surface area (Å²) in [6.07, 6.45) is 0. The number of nitrogens with zero attached hydrogens (tertiary/aromatic N) is 1. The van der Waals surface area contributed by atoms with Gasteiger partial charge in [-0.15, -0.1) is 0 Å². The molecule has 0 aliphatic carbocycles. The van der Waals surface area contributed by atoms with Crippen LogP contribution < -0.4 is 15.4 Å². The van der Waals surface area contributed by atoms with Crippen molar-refractivity contribution in [3.8, 4) is 5.75 Å². The van der Waals surface area contributed by atoms with Crippen molar-refractivity contribution in [1.29, 1.82) is 0 Å². The Morgan fingerprint density at radius 3 is 2.84 bits per heavy atom. The molecule has 5 nitrogen and oxygen atoms in total. The first-order valence-electron chi connectivity index (χ1n) is 7.91. The van der Waals surface area contributed by atoms with Crippen LogP contribution in [0.4, 0.5) is 11.5 Å². The number of fused-ring (bicyclic) bond motifs is 1. The van der Waals surface area contributed by atoms with Gasteiger partial charge >= 0.3 is 0 Å². The average molecular weight is 400 g/mol. The summed E-state index contributed by atoms with van der Waals surface area (Å²) in [6, 6.07) is 17.3. The molecule has 2 aromatic carbocycles.